The Labute approximate surface area is 172 Å². The van der Waals surface area contributed by atoms with E-state index in [9.17, 15) is 4.79 Å². The lowest BCUT2D eigenvalue weighted by Gasteiger charge is -2.27. The summed E-state index contributed by atoms with van der Waals surface area (Å²) in [5.74, 6) is 1.34. The van der Waals surface area contributed by atoms with Crippen molar-refractivity contribution < 1.29 is 19.0 Å². The first-order chi connectivity index (χ1) is 14.1. The quantitative estimate of drug-likeness (QED) is 0.527. The van der Waals surface area contributed by atoms with Crippen LogP contribution in [0.4, 0.5) is 11.8 Å². The molecule has 11 heteroatoms. The predicted molar refractivity (Wildman–Crippen MR) is 108 cm³/mol. The van der Waals surface area contributed by atoms with Crippen molar-refractivity contribution in [1.82, 2.24) is 19.9 Å². The number of morpholine rings is 1. The summed E-state index contributed by atoms with van der Waals surface area (Å²) >= 11 is 1.19. The molecule has 0 radical (unpaired) electrons. The van der Waals surface area contributed by atoms with Crippen LogP contribution in [-0.2, 0) is 9.53 Å². The molecule has 2 aromatic heterocycles. The van der Waals surface area contributed by atoms with Gasteiger partial charge in [0.25, 0.3) is 0 Å². The summed E-state index contributed by atoms with van der Waals surface area (Å²) in [5, 5.41) is 3.07. The fourth-order valence-electron chi connectivity index (χ4n) is 2.54. The number of amides is 1. The molecule has 0 saturated carbocycles. The smallest absolute Gasteiger partial charge is 0.249 e. The van der Waals surface area contributed by atoms with Crippen LogP contribution in [0.3, 0.4) is 0 Å². The van der Waals surface area contributed by atoms with E-state index in [-0.39, 0.29) is 5.91 Å². The van der Waals surface area contributed by atoms with Gasteiger partial charge in [0.1, 0.15) is 10.7 Å². The second-order valence-electron chi connectivity index (χ2n) is 5.79. The van der Waals surface area contributed by atoms with Crippen LogP contribution in [-0.4, -0.2) is 66.4 Å². The highest BCUT2D eigenvalue weighted by atomic mass is 32.2. The second-order valence-corrected chi connectivity index (χ2v) is 6.76. The van der Waals surface area contributed by atoms with Crippen LogP contribution in [0.5, 0.6) is 11.8 Å². The molecular formula is C18H22N6O4S. The topological polar surface area (TPSA) is 112 Å². The Kier molecular flexibility index (Phi) is 7.19. The first-order valence-electron chi connectivity index (χ1n) is 8.92. The summed E-state index contributed by atoms with van der Waals surface area (Å²) in [6.07, 6.45) is 4.62. The molecule has 0 unspecified atom stereocenters. The van der Waals surface area contributed by atoms with Gasteiger partial charge in [0, 0.05) is 19.3 Å². The minimum absolute atomic E-state index is 0.268. The molecule has 0 aromatic carbocycles. The highest BCUT2D eigenvalue weighted by molar-refractivity contribution is 7.99. The van der Waals surface area contributed by atoms with Gasteiger partial charge in [-0.3, -0.25) is 4.79 Å². The number of methoxy groups -OCH3 is 2. The Morgan fingerprint density at radius 1 is 1.21 bits per heavy atom. The Balaban J connectivity index is 1.87. The SMILES string of the molecule is C/C=C/C(=O)Nc1ccnc(Sc2c(OC)nc(N3CCOCC3)nc2OC)n1. The van der Waals surface area contributed by atoms with Crippen LogP contribution in [0.15, 0.2) is 34.5 Å². The third-order valence-electron chi connectivity index (χ3n) is 3.87. The van der Waals surface area contributed by atoms with Crippen molar-refractivity contribution in [1.29, 1.82) is 0 Å². The van der Waals surface area contributed by atoms with Gasteiger partial charge in [-0.15, -0.1) is 0 Å². The van der Waals surface area contributed by atoms with Crippen LogP contribution in [0, 0.1) is 0 Å². The molecule has 1 amide bonds. The lowest BCUT2D eigenvalue weighted by molar-refractivity contribution is -0.111. The zero-order chi connectivity index (χ0) is 20.6. The van der Waals surface area contributed by atoms with E-state index in [1.807, 2.05) is 4.90 Å². The third kappa shape index (κ3) is 5.33. The molecule has 0 atom stereocenters. The number of aromatic nitrogens is 4. The summed E-state index contributed by atoms with van der Waals surface area (Å²) in [4.78, 5) is 31.9. The molecule has 1 aliphatic rings. The van der Waals surface area contributed by atoms with Gasteiger partial charge in [-0.05, 0) is 30.8 Å². The van der Waals surface area contributed by atoms with Crippen LogP contribution in [0.25, 0.3) is 0 Å². The number of anilines is 2. The van der Waals surface area contributed by atoms with E-state index in [0.717, 1.165) is 0 Å². The number of hydrogen-bond acceptors (Lipinski definition) is 10. The van der Waals surface area contributed by atoms with Crippen molar-refractivity contribution in [2.24, 2.45) is 0 Å². The van der Waals surface area contributed by atoms with Crippen molar-refractivity contribution >= 4 is 29.4 Å². The van der Waals surface area contributed by atoms with Gasteiger partial charge in [0.05, 0.1) is 27.4 Å². The molecule has 0 aliphatic carbocycles. The molecular weight excluding hydrogens is 396 g/mol. The maximum atomic E-state index is 11.7. The fraction of sp³-hybridized carbons (Fsp3) is 0.389. The van der Waals surface area contributed by atoms with E-state index >= 15 is 0 Å². The molecule has 2 aromatic rings. The first-order valence-corrected chi connectivity index (χ1v) is 9.73. The van der Waals surface area contributed by atoms with E-state index in [1.165, 1.54) is 32.1 Å². The van der Waals surface area contributed by atoms with Gasteiger partial charge in [0.2, 0.25) is 23.6 Å². The predicted octanol–water partition coefficient (Wildman–Crippen LogP) is 1.79. The second kappa shape index (κ2) is 10.0. The molecule has 0 bridgehead atoms. The summed E-state index contributed by atoms with van der Waals surface area (Å²) < 4.78 is 16.3. The summed E-state index contributed by atoms with van der Waals surface area (Å²) in [5.41, 5.74) is 0. The lowest BCUT2D eigenvalue weighted by Crippen LogP contribution is -2.37. The average Bonchev–Trinajstić information content (AvgIpc) is 2.74. The van der Waals surface area contributed by atoms with Crippen molar-refractivity contribution in [2.45, 2.75) is 17.0 Å². The highest BCUT2D eigenvalue weighted by Crippen LogP contribution is 2.39. The number of ether oxygens (including phenoxy) is 3. The maximum absolute atomic E-state index is 11.7. The monoisotopic (exact) mass is 418 g/mol. The van der Waals surface area contributed by atoms with Crippen molar-refractivity contribution in [3.63, 3.8) is 0 Å². The zero-order valence-electron chi connectivity index (χ0n) is 16.4. The van der Waals surface area contributed by atoms with Gasteiger partial charge >= 0.3 is 0 Å². The number of nitrogens with one attached hydrogen (secondary N) is 1. The van der Waals surface area contributed by atoms with E-state index in [0.29, 0.717) is 59.9 Å². The molecule has 10 nitrogen and oxygen atoms in total. The summed E-state index contributed by atoms with van der Waals surface area (Å²) in [7, 11) is 3.06. The molecule has 1 aliphatic heterocycles. The molecule has 1 N–H and O–H groups in total. The number of rotatable bonds is 7. The van der Waals surface area contributed by atoms with Gasteiger partial charge in [-0.25, -0.2) is 9.97 Å². The van der Waals surface area contributed by atoms with Gasteiger partial charge in [-0.1, -0.05) is 6.08 Å². The number of nitrogens with zero attached hydrogens (tertiary/aromatic N) is 5. The number of carbonyl (C=O) groups is 1. The largest absolute Gasteiger partial charge is 0.480 e. The summed E-state index contributed by atoms with van der Waals surface area (Å²) in [6.45, 7) is 4.37. The Bertz CT molecular complexity index is 863. The Hall–Kier alpha value is -2.92. The highest BCUT2D eigenvalue weighted by Gasteiger charge is 2.22. The first kappa shape index (κ1) is 20.8. The molecule has 1 saturated heterocycles. The van der Waals surface area contributed by atoms with E-state index in [4.69, 9.17) is 14.2 Å². The van der Waals surface area contributed by atoms with E-state index in [2.05, 4.69) is 25.3 Å². The fourth-order valence-corrected chi connectivity index (χ4v) is 3.41. The van der Waals surface area contributed by atoms with Gasteiger partial charge < -0.3 is 24.4 Å². The molecule has 29 heavy (non-hydrogen) atoms. The normalized spacial score (nSPS) is 14.1. The summed E-state index contributed by atoms with van der Waals surface area (Å²) in [6, 6.07) is 1.61. The van der Waals surface area contributed by atoms with Crippen molar-refractivity contribution in [3.05, 3.63) is 24.4 Å². The van der Waals surface area contributed by atoms with Crippen molar-refractivity contribution in [2.75, 3.05) is 50.7 Å². The standard InChI is InChI=1S/C18H22N6O4S/c1-4-5-13(25)20-12-6-7-19-18(21-12)29-14-15(26-2)22-17(23-16(14)27-3)24-8-10-28-11-9-24/h4-7H,8-11H2,1-3H3,(H,19,20,21,25)/b5-4+. The molecule has 3 rings (SSSR count). The van der Waals surface area contributed by atoms with Crippen LogP contribution >= 0.6 is 11.8 Å². The molecule has 1 fully saturated rings. The van der Waals surface area contributed by atoms with E-state index in [1.54, 1.807) is 25.3 Å². The van der Waals surface area contributed by atoms with Crippen molar-refractivity contribution in [3.8, 4) is 11.8 Å². The van der Waals surface area contributed by atoms with Crippen LogP contribution in [0.2, 0.25) is 0 Å². The Morgan fingerprint density at radius 2 is 1.90 bits per heavy atom. The molecule has 154 valence electrons. The minimum atomic E-state index is -0.268. The van der Waals surface area contributed by atoms with Gasteiger partial charge in [-0.2, -0.15) is 9.97 Å². The maximum Gasteiger partial charge on any atom is 0.249 e. The molecule has 0 spiro atoms. The number of carbonyl (C=O) groups excluding carboxylic acids is 1. The Morgan fingerprint density at radius 3 is 2.52 bits per heavy atom. The van der Waals surface area contributed by atoms with E-state index < -0.39 is 0 Å². The average molecular weight is 418 g/mol. The third-order valence-corrected chi connectivity index (χ3v) is 4.80. The minimum Gasteiger partial charge on any atom is -0.480 e. The number of hydrogen-bond donors (Lipinski definition) is 1. The molecule has 3 heterocycles. The zero-order valence-corrected chi connectivity index (χ0v) is 17.2. The van der Waals surface area contributed by atoms with Gasteiger partial charge in [0.15, 0.2) is 5.16 Å². The van der Waals surface area contributed by atoms with Crippen LogP contribution in [0.1, 0.15) is 6.92 Å². The van der Waals surface area contributed by atoms with Crippen LogP contribution < -0.4 is 19.7 Å². The number of allylic oxidation sites excluding steroid dienone is 1. The lowest BCUT2D eigenvalue weighted by atomic mass is 10.4.